The van der Waals surface area contributed by atoms with Gasteiger partial charge in [0.05, 0.1) is 11.9 Å². The van der Waals surface area contributed by atoms with Gasteiger partial charge in [-0.1, -0.05) is 12.1 Å². The van der Waals surface area contributed by atoms with Gasteiger partial charge in [-0.15, -0.1) is 11.3 Å². The summed E-state index contributed by atoms with van der Waals surface area (Å²) in [7, 11) is 0. The van der Waals surface area contributed by atoms with E-state index in [1.165, 1.54) is 29.7 Å². The summed E-state index contributed by atoms with van der Waals surface area (Å²) in [5.74, 6) is -0.650. The van der Waals surface area contributed by atoms with E-state index in [-0.39, 0.29) is 11.7 Å². The maximum absolute atomic E-state index is 12.8. The number of aromatic nitrogens is 2. The van der Waals surface area contributed by atoms with Crippen LogP contribution in [0.5, 0.6) is 0 Å². The molecule has 1 aromatic carbocycles. The number of nitrogens with one attached hydrogen (secondary N) is 1. The molecule has 0 saturated carbocycles. The molecule has 2 aromatic heterocycles. The topological polar surface area (TPSA) is 58.8 Å². The van der Waals surface area contributed by atoms with Crippen LogP contribution in [0.2, 0.25) is 0 Å². The number of fused-ring (bicyclic) bond motifs is 1. The Kier molecular flexibility index (Phi) is 3.49. The van der Waals surface area contributed by atoms with Crippen LogP contribution in [0.15, 0.2) is 40.9 Å². The fourth-order valence-corrected chi connectivity index (χ4v) is 2.69. The van der Waals surface area contributed by atoms with Crippen molar-refractivity contribution in [2.45, 2.75) is 6.92 Å². The summed E-state index contributed by atoms with van der Waals surface area (Å²) in [4.78, 5) is 17.2. The Morgan fingerprint density at radius 1 is 1.43 bits per heavy atom. The SMILES string of the molecule is Cc1nc2sccn2c1C(=O)N/N=C\c1ccc(F)cc1. The van der Waals surface area contributed by atoms with Crippen LogP contribution in [0.1, 0.15) is 21.7 Å². The minimum atomic E-state index is -0.336. The van der Waals surface area contributed by atoms with Crippen LogP contribution < -0.4 is 5.43 Å². The first-order valence-electron chi connectivity index (χ1n) is 6.16. The monoisotopic (exact) mass is 302 g/mol. The molecule has 0 aliphatic rings. The van der Waals surface area contributed by atoms with Crippen molar-refractivity contribution in [1.82, 2.24) is 14.8 Å². The van der Waals surface area contributed by atoms with Crippen LogP contribution in [0.3, 0.4) is 0 Å². The van der Waals surface area contributed by atoms with Gasteiger partial charge in [-0.05, 0) is 24.6 Å². The zero-order valence-electron chi connectivity index (χ0n) is 11.1. The largest absolute Gasteiger partial charge is 0.290 e. The smallest absolute Gasteiger partial charge is 0.286 e. The standard InChI is InChI=1S/C14H11FN4OS/c1-9-12(19-6-7-21-14(19)17-9)13(20)18-16-8-10-2-4-11(15)5-3-10/h2-8H,1H3,(H,18,20)/b16-8-. The molecule has 1 amide bonds. The number of hydrogen-bond acceptors (Lipinski definition) is 4. The molecule has 1 N–H and O–H groups in total. The highest BCUT2D eigenvalue weighted by Gasteiger charge is 2.16. The number of nitrogens with zero attached hydrogens (tertiary/aromatic N) is 3. The summed E-state index contributed by atoms with van der Waals surface area (Å²) in [5, 5.41) is 5.74. The number of carbonyl (C=O) groups is 1. The molecule has 0 unspecified atom stereocenters. The van der Waals surface area contributed by atoms with Crippen LogP contribution in [0, 0.1) is 12.7 Å². The van der Waals surface area contributed by atoms with Crippen LogP contribution in [-0.4, -0.2) is 21.5 Å². The second kappa shape index (κ2) is 5.45. The van der Waals surface area contributed by atoms with Crippen molar-refractivity contribution in [3.63, 3.8) is 0 Å². The lowest BCUT2D eigenvalue weighted by Gasteiger charge is -1.99. The first-order valence-corrected chi connectivity index (χ1v) is 7.04. The molecule has 7 heteroatoms. The molecular formula is C14H11FN4OS. The second-order valence-corrected chi connectivity index (χ2v) is 5.23. The Hall–Kier alpha value is -2.54. The summed E-state index contributed by atoms with van der Waals surface area (Å²) < 4.78 is 14.5. The Labute approximate surface area is 123 Å². The third-order valence-corrected chi connectivity index (χ3v) is 3.66. The van der Waals surface area contributed by atoms with Gasteiger partial charge >= 0.3 is 0 Å². The fourth-order valence-electron chi connectivity index (χ4n) is 1.93. The van der Waals surface area contributed by atoms with Crippen molar-refractivity contribution in [3.05, 3.63) is 58.6 Å². The van der Waals surface area contributed by atoms with E-state index in [0.717, 1.165) is 4.96 Å². The maximum atomic E-state index is 12.8. The number of benzene rings is 1. The van der Waals surface area contributed by atoms with E-state index in [4.69, 9.17) is 0 Å². The van der Waals surface area contributed by atoms with Crippen LogP contribution in [-0.2, 0) is 0 Å². The molecule has 5 nitrogen and oxygen atoms in total. The Morgan fingerprint density at radius 2 is 2.19 bits per heavy atom. The number of imidazole rings is 1. The van der Waals surface area contributed by atoms with Gasteiger partial charge in [-0.25, -0.2) is 14.8 Å². The zero-order valence-corrected chi connectivity index (χ0v) is 11.9. The van der Waals surface area contributed by atoms with Crippen molar-refractivity contribution < 1.29 is 9.18 Å². The summed E-state index contributed by atoms with van der Waals surface area (Å²) in [6.07, 6.45) is 3.25. The molecule has 0 fully saturated rings. The Balaban J connectivity index is 1.76. The highest BCUT2D eigenvalue weighted by Crippen LogP contribution is 2.16. The lowest BCUT2D eigenvalue weighted by Crippen LogP contribution is -2.20. The molecule has 0 radical (unpaired) electrons. The molecule has 2 heterocycles. The van der Waals surface area contributed by atoms with Crippen molar-refractivity contribution >= 4 is 28.4 Å². The second-order valence-electron chi connectivity index (χ2n) is 4.35. The van der Waals surface area contributed by atoms with Gasteiger partial charge in [0.25, 0.3) is 5.91 Å². The summed E-state index contributed by atoms with van der Waals surface area (Å²) >= 11 is 1.46. The first kappa shape index (κ1) is 13.4. The van der Waals surface area contributed by atoms with Gasteiger partial charge in [0.2, 0.25) is 0 Å². The van der Waals surface area contributed by atoms with Crippen LogP contribution >= 0.6 is 11.3 Å². The van der Waals surface area contributed by atoms with E-state index < -0.39 is 0 Å². The predicted octanol–water partition coefficient (Wildman–Crippen LogP) is 2.61. The molecule has 3 rings (SSSR count). The highest BCUT2D eigenvalue weighted by molar-refractivity contribution is 7.15. The van der Waals surface area contributed by atoms with E-state index in [1.54, 1.807) is 29.7 Å². The number of carbonyl (C=O) groups excluding carboxylic acids is 1. The summed E-state index contributed by atoms with van der Waals surface area (Å²) in [5.41, 5.74) is 4.26. The zero-order chi connectivity index (χ0) is 14.8. The van der Waals surface area contributed by atoms with E-state index in [9.17, 15) is 9.18 Å². The molecule has 0 saturated heterocycles. The molecule has 0 atom stereocenters. The molecule has 0 aliphatic heterocycles. The van der Waals surface area contributed by atoms with Crippen molar-refractivity contribution in [3.8, 4) is 0 Å². The van der Waals surface area contributed by atoms with Crippen molar-refractivity contribution in [2.24, 2.45) is 5.10 Å². The number of amides is 1. The summed E-state index contributed by atoms with van der Waals surface area (Å²) in [6, 6.07) is 5.82. The van der Waals surface area contributed by atoms with Crippen LogP contribution in [0.4, 0.5) is 4.39 Å². The average molecular weight is 302 g/mol. The molecule has 0 bridgehead atoms. The van der Waals surface area contributed by atoms with Crippen molar-refractivity contribution in [2.75, 3.05) is 0 Å². The third-order valence-electron chi connectivity index (χ3n) is 2.90. The first-order chi connectivity index (χ1) is 10.1. The normalized spacial score (nSPS) is 11.3. The molecule has 0 aliphatic carbocycles. The molecule has 0 spiro atoms. The number of hydrazone groups is 1. The van der Waals surface area contributed by atoms with Gasteiger partial charge in [0.15, 0.2) is 4.96 Å². The predicted molar refractivity (Wildman–Crippen MR) is 79.3 cm³/mol. The van der Waals surface area contributed by atoms with Crippen molar-refractivity contribution in [1.29, 1.82) is 0 Å². The molecule has 3 aromatic rings. The quantitative estimate of drug-likeness (QED) is 0.597. The highest BCUT2D eigenvalue weighted by atomic mass is 32.1. The maximum Gasteiger partial charge on any atom is 0.290 e. The Bertz CT molecular complexity index is 819. The minimum absolute atomic E-state index is 0.314. The number of hydrogen-bond donors (Lipinski definition) is 1. The van der Waals surface area contributed by atoms with Gasteiger partial charge < -0.3 is 0 Å². The lowest BCUT2D eigenvalue weighted by molar-refractivity contribution is 0.0948. The molecule has 21 heavy (non-hydrogen) atoms. The van der Waals surface area contributed by atoms with Gasteiger partial charge in [0, 0.05) is 11.6 Å². The number of rotatable bonds is 3. The third kappa shape index (κ3) is 2.68. The minimum Gasteiger partial charge on any atom is -0.286 e. The van der Waals surface area contributed by atoms with Gasteiger partial charge in [-0.3, -0.25) is 9.20 Å². The molecular weight excluding hydrogens is 291 g/mol. The average Bonchev–Trinajstić information content (AvgIpc) is 3.00. The van der Waals surface area contributed by atoms with E-state index in [0.29, 0.717) is 17.0 Å². The van der Waals surface area contributed by atoms with E-state index in [1.807, 2.05) is 5.38 Å². The van der Waals surface area contributed by atoms with Gasteiger partial charge in [-0.2, -0.15) is 5.10 Å². The fraction of sp³-hybridized carbons (Fsp3) is 0.0714. The molecule has 106 valence electrons. The van der Waals surface area contributed by atoms with Crippen LogP contribution in [0.25, 0.3) is 4.96 Å². The lowest BCUT2D eigenvalue weighted by atomic mass is 10.2. The number of aryl methyl sites for hydroxylation is 1. The van der Waals surface area contributed by atoms with Gasteiger partial charge in [0.1, 0.15) is 11.5 Å². The van der Waals surface area contributed by atoms with E-state index in [2.05, 4.69) is 15.5 Å². The Morgan fingerprint density at radius 3 is 2.95 bits per heavy atom. The summed E-state index contributed by atoms with van der Waals surface area (Å²) in [6.45, 7) is 1.78. The number of thiazole rings is 1. The van der Waals surface area contributed by atoms with E-state index >= 15 is 0 Å². The number of halogens is 1.